The predicted octanol–water partition coefficient (Wildman–Crippen LogP) is 2.94. The molecule has 3 rings (SSSR count). The Morgan fingerprint density at radius 2 is 2.00 bits per heavy atom. The van der Waals surface area contributed by atoms with Crippen molar-refractivity contribution in [1.29, 1.82) is 0 Å². The number of sulfone groups is 1. The van der Waals surface area contributed by atoms with Crippen molar-refractivity contribution in [1.82, 2.24) is 4.98 Å². The lowest BCUT2D eigenvalue weighted by Gasteiger charge is -2.10. The molecule has 5 nitrogen and oxygen atoms in total. The zero-order chi connectivity index (χ0) is 16.1. The highest BCUT2D eigenvalue weighted by atomic mass is 79.9. The van der Waals surface area contributed by atoms with Crippen molar-refractivity contribution in [3.8, 4) is 16.3 Å². The van der Waals surface area contributed by atoms with Crippen LogP contribution in [0.25, 0.3) is 20.8 Å². The molecule has 0 N–H and O–H groups in total. The summed E-state index contributed by atoms with van der Waals surface area (Å²) in [6.45, 7) is 0. The van der Waals surface area contributed by atoms with Gasteiger partial charge in [0.15, 0.2) is 15.6 Å². The molecule has 114 valence electrons. The van der Waals surface area contributed by atoms with E-state index in [1.54, 1.807) is 18.2 Å². The predicted molar refractivity (Wildman–Crippen MR) is 89.9 cm³/mol. The summed E-state index contributed by atoms with van der Waals surface area (Å²) < 4.78 is 29.4. The van der Waals surface area contributed by atoms with Gasteiger partial charge in [0.25, 0.3) is 0 Å². The van der Waals surface area contributed by atoms with E-state index >= 15 is 0 Å². The summed E-state index contributed by atoms with van der Waals surface area (Å²) in [5.41, 5.74) is 1.03. The third-order valence-corrected chi connectivity index (χ3v) is 6.45. The molecular weight excluding hydrogens is 390 g/mol. The van der Waals surface area contributed by atoms with E-state index in [-0.39, 0.29) is 16.1 Å². The third kappa shape index (κ3) is 2.51. The van der Waals surface area contributed by atoms with Crippen molar-refractivity contribution in [2.75, 3.05) is 13.4 Å². The topological polar surface area (TPSA) is 73.3 Å². The average molecular weight is 400 g/mol. The van der Waals surface area contributed by atoms with Gasteiger partial charge < -0.3 is 4.74 Å². The van der Waals surface area contributed by atoms with E-state index in [2.05, 4.69) is 20.9 Å². The molecule has 1 aliphatic carbocycles. The average Bonchev–Trinajstić information content (AvgIpc) is 2.48. The SMILES string of the molecule is COc1cc2nc3ccc(S(C)(=O)=O)cc3sc-2c(Br)c1=O. The summed E-state index contributed by atoms with van der Waals surface area (Å²) in [7, 11) is -1.86. The van der Waals surface area contributed by atoms with Crippen LogP contribution in [0.4, 0.5) is 0 Å². The highest BCUT2D eigenvalue weighted by molar-refractivity contribution is 9.10. The van der Waals surface area contributed by atoms with E-state index in [0.717, 1.165) is 6.26 Å². The van der Waals surface area contributed by atoms with E-state index in [1.807, 2.05) is 0 Å². The molecule has 1 aliphatic heterocycles. The third-order valence-electron chi connectivity index (χ3n) is 3.16. The monoisotopic (exact) mass is 399 g/mol. The Balaban J connectivity index is 2.40. The maximum atomic E-state index is 12.1. The van der Waals surface area contributed by atoms with Gasteiger partial charge in [0.05, 0.1) is 37.3 Å². The van der Waals surface area contributed by atoms with Crippen LogP contribution in [0.2, 0.25) is 0 Å². The first-order valence-electron chi connectivity index (χ1n) is 6.12. The van der Waals surface area contributed by atoms with Crippen LogP contribution in [0, 0.1) is 0 Å². The van der Waals surface area contributed by atoms with Gasteiger partial charge in [-0.3, -0.25) is 4.79 Å². The van der Waals surface area contributed by atoms with Crippen molar-refractivity contribution in [3.63, 3.8) is 0 Å². The highest BCUT2D eigenvalue weighted by Crippen LogP contribution is 2.37. The number of aromatic nitrogens is 1. The summed E-state index contributed by atoms with van der Waals surface area (Å²) in [5, 5.41) is 0. The molecule has 22 heavy (non-hydrogen) atoms. The van der Waals surface area contributed by atoms with E-state index in [4.69, 9.17) is 4.74 Å². The first-order valence-corrected chi connectivity index (χ1v) is 9.62. The molecule has 1 aromatic rings. The summed E-state index contributed by atoms with van der Waals surface area (Å²) in [6.07, 6.45) is 1.16. The van der Waals surface area contributed by atoms with Gasteiger partial charge in [-0.2, -0.15) is 0 Å². The van der Waals surface area contributed by atoms with Gasteiger partial charge in [-0.15, -0.1) is 11.3 Å². The van der Waals surface area contributed by atoms with E-state index in [9.17, 15) is 13.2 Å². The number of benzene rings is 2. The fourth-order valence-corrected chi connectivity index (χ4v) is 4.43. The van der Waals surface area contributed by atoms with E-state index < -0.39 is 9.84 Å². The van der Waals surface area contributed by atoms with Crippen LogP contribution in [-0.4, -0.2) is 26.8 Å². The Hall–Kier alpha value is -1.51. The second-order valence-corrected chi connectivity index (χ2v) is 8.55. The molecule has 0 saturated carbocycles. The molecule has 0 atom stereocenters. The number of rotatable bonds is 2. The molecule has 0 aromatic heterocycles. The molecule has 0 spiro atoms. The molecule has 0 amide bonds. The summed E-state index contributed by atoms with van der Waals surface area (Å²) in [5.74, 6) is 0.214. The van der Waals surface area contributed by atoms with Gasteiger partial charge in [0, 0.05) is 12.3 Å². The molecule has 1 heterocycles. The lowest BCUT2D eigenvalue weighted by atomic mass is 10.2. The Morgan fingerprint density at radius 1 is 1.27 bits per heavy atom. The normalized spacial score (nSPS) is 12.0. The minimum absolute atomic E-state index is 0.214. The Kier molecular flexibility index (Phi) is 3.70. The number of methoxy groups -OCH3 is 1. The smallest absolute Gasteiger partial charge is 0.236 e. The molecule has 0 saturated heterocycles. The van der Waals surface area contributed by atoms with Gasteiger partial charge in [-0.1, -0.05) is 0 Å². The molecule has 0 unspecified atom stereocenters. The van der Waals surface area contributed by atoms with Gasteiger partial charge in [-0.25, -0.2) is 13.4 Å². The first-order chi connectivity index (χ1) is 10.3. The molecule has 1 aromatic carbocycles. The van der Waals surface area contributed by atoms with Crippen LogP contribution in [0.5, 0.6) is 5.75 Å². The first kappa shape index (κ1) is 15.4. The Labute approximate surface area is 139 Å². The summed E-state index contributed by atoms with van der Waals surface area (Å²) >= 11 is 4.59. The molecule has 0 bridgehead atoms. The Bertz CT molecular complexity index is 1030. The lowest BCUT2D eigenvalue weighted by molar-refractivity contribution is 0.410. The van der Waals surface area contributed by atoms with Gasteiger partial charge in [-0.05, 0) is 34.1 Å². The molecule has 0 radical (unpaired) electrons. The second kappa shape index (κ2) is 5.29. The largest absolute Gasteiger partial charge is 0.493 e. The van der Waals surface area contributed by atoms with Crippen LogP contribution < -0.4 is 10.2 Å². The van der Waals surface area contributed by atoms with Crippen LogP contribution in [0.15, 0.2) is 38.4 Å². The van der Waals surface area contributed by atoms with Crippen molar-refractivity contribution in [2.24, 2.45) is 0 Å². The van der Waals surface area contributed by atoms with Crippen LogP contribution in [-0.2, 0) is 9.84 Å². The van der Waals surface area contributed by atoms with Crippen molar-refractivity contribution < 1.29 is 13.2 Å². The summed E-state index contributed by atoms with van der Waals surface area (Å²) in [6, 6.07) is 6.34. The minimum atomic E-state index is -3.29. The molecule has 2 aliphatic rings. The number of fused-ring (bicyclic) bond motifs is 2. The van der Waals surface area contributed by atoms with Gasteiger partial charge in [0.2, 0.25) is 5.43 Å². The molecular formula is C14H10BrNO4S2. The fraction of sp³-hybridized carbons (Fsp3) is 0.143. The highest BCUT2D eigenvalue weighted by Gasteiger charge is 2.18. The quantitative estimate of drug-likeness (QED) is 0.619. The number of nitrogens with zero attached hydrogens (tertiary/aromatic N) is 1. The van der Waals surface area contributed by atoms with Gasteiger partial charge in [0.1, 0.15) is 0 Å². The second-order valence-electron chi connectivity index (χ2n) is 4.69. The number of halogens is 1. The lowest BCUT2D eigenvalue weighted by Crippen LogP contribution is -2.08. The maximum absolute atomic E-state index is 12.1. The van der Waals surface area contributed by atoms with Crippen LogP contribution in [0.3, 0.4) is 0 Å². The number of hydrogen-bond donors (Lipinski definition) is 0. The zero-order valence-corrected chi connectivity index (χ0v) is 14.8. The van der Waals surface area contributed by atoms with Crippen molar-refractivity contribution in [2.45, 2.75) is 4.90 Å². The van der Waals surface area contributed by atoms with Crippen LogP contribution >= 0.6 is 27.3 Å². The maximum Gasteiger partial charge on any atom is 0.236 e. The zero-order valence-electron chi connectivity index (χ0n) is 11.6. The van der Waals surface area contributed by atoms with Gasteiger partial charge >= 0.3 is 0 Å². The Morgan fingerprint density at radius 3 is 2.64 bits per heavy atom. The fourth-order valence-electron chi connectivity index (χ4n) is 2.05. The number of ether oxygens (including phenoxy) is 1. The standard InChI is InChI=1S/C14H10BrNO4S2/c1-20-10-6-9-14(12(15)13(10)17)21-11-5-7(22(2,18)19)3-4-8(11)16-9/h3-6H,1-2H3. The van der Waals surface area contributed by atoms with E-state index in [1.165, 1.54) is 24.5 Å². The van der Waals surface area contributed by atoms with E-state index in [0.29, 0.717) is 25.3 Å². The van der Waals surface area contributed by atoms with Crippen molar-refractivity contribution >= 4 is 47.3 Å². The minimum Gasteiger partial charge on any atom is -0.493 e. The number of hydrogen-bond acceptors (Lipinski definition) is 6. The summed E-state index contributed by atoms with van der Waals surface area (Å²) in [4.78, 5) is 17.4. The molecule has 0 fully saturated rings. The molecule has 8 heteroatoms. The van der Waals surface area contributed by atoms with Crippen molar-refractivity contribution in [3.05, 3.63) is 39.0 Å². The van der Waals surface area contributed by atoms with Crippen LogP contribution in [0.1, 0.15) is 0 Å².